The van der Waals surface area contributed by atoms with E-state index in [9.17, 15) is 0 Å². The Morgan fingerprint density at radius 1 is 0.909 bits per heavy atom. The summed E-state index contributed by atoms with van der Waals surface area (Å²) in [6.07, 6.45) is 0. The molecule has 4 heteroatoms. The second-order valence-corrected chi connectivity index (χ2v) is 6.35. The molecule has 1 aromatic heterocycles. The van der Waals surface area contributed by atoms with Crippen LogP contribution in [0.25, 0.3) is 5.69 Å². The van der Waals surface area contributed by atoms with Gasteiger partial charge in [-0.15, -0.1) is 10.2 Å². The maximum Gasteiger partial charge on any atom is 0.196 e. The molecule has 0 spiro atoms. The van der Waals surface area contributed by atoms with E-state index in [1.54, 1.807) is 11.8 Å². The summed E-state index contributed by atoms with van der Waals surface area (Å²) in [7, 11) is 0. The second kappa shape index (κ2) is 6.36. The summed E-state index contributed by atoms with van der Waals surface area (Å²) in [5.41, 5.74) is 5.00. The molecule has 1 heterocycles. The number of aryl methyl sites for hydroxylation is 3. The fourth-order valence-corrected chi connectivity index (χ4v) is 3.27. The zero-order chi connectivity index (χ0) is 15.5. The van der Waals surface area contributed by atoms with Gasteiger partial charge in [-0.05, 0) is 49.6 Å². The molecule has 3 nitrogen and oxygen atoms in total. The summed E-state index contributed by atoms with van der Waals surface area (Å²) in [4.78, 5) is 0. The molecule has 112 valence electrons. The average Bonchev–Trinajstić information content (AvgIpc) is 2.90. The summed E-state index contributed by atoms with van der Waals surface area (Å²) in [5, 5.41) is 9.52. The van der Waals surface area contributed by atoms with Gasteiger partial charge in [0.2, 0.25) is 0 Å². The maximum atomic E-state index is 4.34. The van der Waals surface area contributed by atoms with Crippen molar-refractivity contribution in [3.63, 3.8) is 0 Å². The lowest BCUT2D eigenvalue weighted by atomic mass is 10.1. The summed E-state index contributed by atoms with van der Waals surface area (Å²) < 4.78 is 2.13. The topological polar surface area (TPSA) is 30.7 Å². The maximum absolute atomic E-state index is 4.34. The van der Waals surface area contributed by atoms with E-state index in [1.165, 1.54) is 16.7 Å². The van der Waals surface area contributed by atoms with Crippen molar-refractivity contribution in [2.75, 3.05) is 0 Å². The molecule has 0 aliphatic heterocycles. The van der Waals surface area contributed by atoms with Crippen LogP contribution in [0.3, 0.4) is 0 Å². The van der Waals surface area contributed by atoms with Gasteiger partial charge in [-0.2, -0.15) is 0 Å². The molecule has 0 saturated heterocycles. The molecular formula is C18H19N3S. The number of rotatable bonds is 4. The Hall–Kier alpha value is -2.07. The number of nitrogens with zero attached hydrogens (tertiary/aromatic N) is 3. The van der Waals surface area contributed by atoms with Crippen LogP contribution in [0.1, 0.15) is 22.5 Å². The molecule has 3 rings (SSSR count). The van der Waals surface area contributed by atoms with Crippen molar-refractivity contribution in [2.45, 2.75) is 31.7 Å². The third-order valence-corrected chi connectivity index (χ3v) is 4.75. The first-order valence-corrected chi connectivity index (χ1v) is 8.30. The number of hydrogen-bond donors (Lipinski definition) is 0. The third kappa shape index (κ3) is 3.07. The Morgan fingerprint density at radius 2 is 1.68 bits per heavy atom. The highest BCUT2D eigenvalue weighted by Crippen LogP contribution is 2.25. The molecule has 0 aliphatic rings. The summed E-state index contributed by atoms with van der Waals surface area (Å²) in [6, 6.07) is 16.9. The quantitative estimate of drug-likeness (QED) is 0.666. The van der Waals surface area contributed by atoms with Gasteiger partial charge in [0.25, 0.3) is 0 Å². The van der Waals surface area contributed by atoms with Crippen molar-refractivity contribution in [2.24, 2.45) is 0 Å². The van der Waals surface area contributed by atoms with Crippen LogP contribution in [0.4, 0.5) is 0 Å². The van der Waals surface area contributed by atoms with Crippen LogP contribution in [0.2, 0.25) is 0 Å². The molecule has 0 N–H and O–H groups in total. The zero-order valence-electron chi connectivity index (χ0n) is 13.1. The van der Waals surface area contributed by atoms with Crippen molar-refractivity contribution in [3.8, 4) is 5.69 Å². The third-order valence-electron chi connectivity index (χ3n) is 3.75. The Labute approximate surface area is 135 Å². The molecule has 0 saturated carbocycles. The van der Waals surface area contributed by atoms with Gasteiger partial charge in [0.05, 0.1) is 0 Å². The van der Waals surface area contributed by atoms with Crippen molar-refractivity contribution < 1.29 is 0 Å². The standard InChI is InChI=1S/C18H19N3S/c1-13-9-10-17(11-14(13)2)21-15(3)19-20-18(21)22-12-16-7-5-4-6-8-16/h4-11H,12H2,1-3H3. The highest BCUT2D eigenvalue weighted by atomic mass is 32.2. The van der Waals surface area contributed by atoms with E-state index < -0.39 is 0 Å². The minimum atomic E-state index is 0.893. The molecule has 0 unspecified atom stereocenters. The van der Waals surface area contributed by atoms with E-state index in [0.717, 1.165) is 22.4 Å². The Kier molecular flexibility index (Phi) is 4.29. The van der Waals surface area contributed by atoms with E-state index in [2.05, 4.69) is 71.1 Å². The first-order chi connectivity index (χ1) is 10.6. The van der Waals surface area contributed by atoms with Gasteiger partial charge < -0.3 is 0 Å². The SMILES string of the molecule is Cc1ccc(-n2c(C)nnc2SCc2ccccc2)cc1C. The van der Waals surface area contributed by atoms with Crippen LogP contribution in [-0.4, -0.2) is 14.8 Å². The normalized spacial score (nSPS) is 10.9. The van der Waals surface area contributed by atoms with Gasteiger partial charge in [0.1, 0.15) is 5.82 Å². The van der Waals surface area contributed by atoms with Crippen molar-refractivity contribution in [1.82, 2.24) is 14.8 Å². The van der Waals surface area contributed by atoms with Crippen LogP contribution in [0.15, 0.2) is 53.7 Å². The molecule has 3 aromatic rings. The smallest absolute Gasteiger partial charge is 0.196 e. The molecule has 0 radical (unpaired) electrons. The van der Waals surface area contributed by atoms with Gasteiger partial charge >= 0.3 is 0 Å². The molecule has 0 fully saturated rings. The van der Waals surface area contributed by atoms with Gasteiger partial charge in [-0.1, -0.05) is 48.2 Å². The largest absolute Gasteiger partial charge is 0.274 e. The summed E-state index contributed by atoms with van der Waals surface area (Å²) in [6.45, 7) is 6.26. The van der Waals surface area contributed by atoms with E-state index in [4.69, 9.17) is 0 Å². The van der Waals surface area contributed by atoms with E-state index >= 15 is 0 Å². The van der Waals surface area contributed by atoms with Gasteiger partial charge in [-0.3, -0.25) is 4.57 Å². The fourth-order valence-electron chi connectivity index (χ4n) is 2.32. The number of thioether (sulfide) groups is 1. The number of benzene rings is 2. The lowest BCUT2D eigenvalue weighted by Gasteiger charge is -2.10. The lowest BCUT2D eigenvalue weighted by Crippen LogP contribution is -2.00. The minimum absolute atomic E-state index is 0.893. The van der Waals surface area contributed by atoms with Crippen molar-refractivity contribution in [1.29, 1.82) is 0 Å². The molecule has 2 aromatic carbocycles. The molecular weight excluding hydrogens is 290 g/mol. The van der Waals surface area contributed by atoms with E-state index in [-0.39, 0.29) is 0 Å². The predicted molar refractivity (Wildman–Crippen MR) is 91.6 cm³/mol. The van der Waals surface area contributed by atoms with Crippen molar-refractivity contribution in [3.05, 3.63) is 71.0 Å². The zero-order valence-corrected chi connectivity index (χ0v) is 13.9. The summed E-state index contributed by atoms with van der Waals surface area (Å²) >= 11 is 1.72. The molecule has 0 aliphatic carbocycles. The first-order valence-electron chi connectivity index (χ1n) is 7.31. The fraction of sp³-hybridized carbons (Fsp3) is 0.222. The Bertz CT molecular complexity index is 778. The number of hydrogen-bond acceptors (Lipinski definition) is 3. The van der Waals surface area contributed by atoms with Crippen LogP contribution in [0, 0.1) is 20.8 Å². The molecule has 0 atom stereocenters. The highest BCUT2D eigenvalue weighted by molar-refractivity contribution is 7.98. The monoisotopic (exact) mass is 309 g/mol. The first kappa shape index (κ1) is 14.9. The van der Waals surface area contributed by atoms with Crippen LogP contribution >= 0.6 is 11.8 Å². The van der Waals surface area contributed by atoms with Crippen LogP contribution < -0.4 is 0 Å². The Balaban J connectivity index is 1.89. The second-order valence-electron chi connectivity index (χ2n) is 5.41. The molecule has 22 heavy (non-hydrogen) atoms. The predicted octanol–water partition coefficient (Wildman–Crippen LogP) is 4.48. The minimum Gasteiger partial charge on any atom is -0.274 e. The van der Waals surface area contributed by atoms with Gasteiger partial charge in [-0.25, -0.2) is 0 Å². The van der Waals surface area contributed by atoms with E-state index in [0.29, 0.717) is 0 Å². The summed E-state index contributed by atoms with van der Waals surface area (Å²) in [5.74, 6) is 1.81. The Morgan fingerprint density at radius 3 is 2.41 bits per heavy atom. The molecule has 0 amide bonds. The molecule has 0 bridgehead atoms. The lowest BCUT2D eigenvalue weighted by molar-refractivity contribution is 0.866. The van der Waals surface area contributed by atoms with Gasteiger partial charge in [0, 0.05) is 11.4 Å². The number of aromatic nitrogens is 3. The van der Waals surface area contributed by atoms with E-state index in [1.807, 2.05) is 13.0 Å². The average molecular weight is 309 g/mol. The van der Waals surface area contributed by atoms with Gasteiger partial charge in [0.15, 0.2) is 5.16 Å². The highest BCUT2D eigenvalue weighted by Gasteiger charge is 2.12. The van der Waals surface area contributed by atoms with Crippen LogP contribution in [0.5, 0.6) is 0 Å². The van der Waals surface area contributed by atoms with Crippen molar-refractivity contribution >= 4 is 11.8 Å². The van der Waals surface area contributed by atoms with Crippen LogP contribution in [-0.2, 0) is 5.75 Å².